The number of ether oxygens (including phenoxy) is 3. The van der Waals surface area contributed by atoms with Crippen molar-refractivity contribution in [3.8, 4) is 11.5 Å². The standard InChI is InChI=1S/C33H39NO7/c1-22(19-35)31-30(29(20-36)33(38)41-21-25-7-5-4-6-8-25)32(37)34(31)26(17-23-9-13-27(39-2)14-10-23)18-24-11-15-28(40-3)16-12-24/h4-16,22,26,29-31,35-36H,17-21H2,1-3H3/t22?,29-,30-,31+/m0/s1. The first-order valence-electron chi connectivity index (χ1n) is 13.9. The smallest absolute Gasteiger partial charge is 0.312 e. The second-order valence-electron chi connectivity index (χ2n) is 10.6. The van der Waals surface area contributed by atoms with Gasteiger partial charge in [0.05, 0.1) is 32.7 Å². The number of aliphatic hydroxyl groups excluding tert-OH is 2. The highest BCUT2D eigenvalue weighted by atomic mass is 16.5. The Bertz CT molecular complexity index is 1210. The number of carbonyl (C=O) groups is 2. The summed E-state index contributed by atoms with van der Waals surface area (Å²) >= 11 is 0. The first-order chi connectivity index (χ1) is 19.9. The van der Waals surface area contributed by atoms with Gasteiger partial charge in [-0.1, -0.05) is 61.5 Å². The Kier molecular flexibility index (Phi) is 10.4. The molecule has 1 unspecified atom stereocenters. The molecule has 0 bridgehead atoms. The number of likely N-dealkylation sites (tertiary alicyclic amines) is 1. The molecule has 218 valence electrons. The lowest BCUT2D eigenvalue weighted by Crippen LogP contribution is -2.70. The molecule has 0 aliphatic carbocycles. The first-order valence-corrected chi connectivity index (χ1v) is 13.9. The highest BCUT2D eigenvalue weighted by Gasteiger charge is 2.57. The van der Waals surface area contributed by atoms with Crippen molar-refractivity contribution in [2.24, 2.45) is 17.8 Å². The number of carbonyl (C=O) groups excluding carboxylic acids is 2. The minimum absolute atomic E-state index is 0.0541. The SMILES string of the molecule is COc1ccc(CC(Cc2ccc(OC)cc2)N2C(=O)[C@@H]([C@H](CO)C(=O)OCc3ccccc3)[C@H]2C(C)CO)cc1. The van der Waals surface area contributed by atoms with E-state index in [-0.39, 0.29) is 31.1 Å². The molecule has 41 heavy (non-hydrogen) atoms. The molecule has 1 amide bonds. The maximum atomic E-state index is 13.9. The molecular formula is C33H39NO7. The van der Waals surface area contributed by atoms with Gasteiger partial charge < -0.3 is 29.3 Å². The summed E-state index contributed by atoms with van der Waals surface area (Å²) < 4.78 is 16.1. The topological polar surface area (TPSA) is 106 Å². The fraction of sp³-hybridized carbons (Fsp3) is 0.394. The van der Waals surface area contributed by atoms with Gasteiger partial charge in [-0.25, -0.2) is 0 Å². The van der Waals surface area contributed by atoms with Crippen molar-refractivity contribution in [3.63, 3.8) is 0 Å². The second-order valence-corrected chi connectivity index (χ2v) is 10.6. The number of hydrogen-bond donors (Lipinski definition) is 2. The van der Waals surface area contributed by atoms with Gasteiger partial charge in [0.25, 0.3) is 0 Å². The number of aliphatic hydroxyl groups is 2. The maximum absolute atomic E-state index is 13.9. The monoisotopic (exact) mass is 561 g/mol. The van der Waals surface area contributed by atoms with Crippen LogP contribution in [0.3, 0.4) is 0 Å². The second kappa shape index (κ2) is 14.1. The molecule has 4 atom stereocenters. The van der Waals surface area contributed by atoms with Crippen molar-refractivity contribution in [2.45, 2.75) is 38.5 Å². The average Bonchev–Trinajstić information content (AvgIpc) is 3.01. The third-order valence-electron chi connectivity index (χ3n) is 7.91. The summed E-state index contributed by atoms with van der Waals surface area (Å²) in [5.41, 5.74) is 2.87. The average molecular weight is 562 g/mol. The molecule has 3 aromatic rings. The molecule has 1 saturated heterocycles. The maximum Gasteiger partial charge on any atom is 0.312 e. The summed E-state index contributed by atoms with van der Waals surface area (Å²) in [6, 6.07) is 24.0. The van der Waals surface area contributed by atoms with E-state index in [0.29, 0.717) is 12.8 Å². The zero-order valence-corrected chi connectivity index (χ0v) is 23.8. The minimum atomic E-state index is -1.02. The summed E-state index contributed by atoms with van der Waals surface area (Å²) in [7, 11) is 3.23. The van der Waals surface area contributed by atoms with Crippen molar-refractivity contribution < 1.29 is 34.0 Å². The zero-order valence-electron chi connectivity index (χ0n) is 23.8. The van der Waals surface area contributed by atoms with Gasteiger partial charge >= 0.3 is 5.97 Å². The van der Waals surface area contributed by atoms with Crippen molar-refractivity contribution in [1.29, 1.82) is 0 Å². The fourth-order valence-electron chi connectivity index (χ4n) is 5.63. The van der Waals surface area contributed by atoms with Crippen molar-refractivity contribution >= 4 is 11.9 Å². The van der Waals surface area contributed by atoms with E-state index in [0.717, 1.165) is 28.2 Å². The van der Waals surface area contributed by atoms with Crippen molar-refractivity contribution in [3.05, 3.63) is 95.6 Å². The third-order valence-corrected chi connectivity index (χ3v) is 7.91. The molecule has 1 heterocycles. The molecule has 1 aliphatic heterocycles. The van der Waals surface area contributed by atoms with Crippen LogP contribution in [0.15, 0.2) is 78.9 Å². The van der Waals surface area contributed by atoms with Gasteiger partial charge in [0.15, 0.2) is 0 Å². The molecule has 0 saturated carbocycles. The number of hydrogen-bond acceptors (Lipinski definition) is 7. The van der Waals surface area contributed by atoms with Crippen LogP contribution in [-0.4, -0.2) is 66.5 Å². The van der Waals surface area contributed by atoms with Crippen LogP contribution in [0.2, 0.25) is 0 Å². The number of β-lactam (4-membered cyclic amide) rings is 1. The van der Waals surface area contributed by atoms with Gasteiger partial charge in [-0.05, 0) is 53.8 Å². The number of esters is 1. The molecule has 2 N–H and O–H groups in total. The molecule has 1 fully saturated rings. The summed E-state index contributed by atoms with van der Waals surface area (Å²) in [5, 5.41) is 20.4. The minimum Gasteiger partial charge on any atom is -0.497 e. The predicted octanol–water partition coefficient (Wildman–Crippen LogP) is 3.66. The Morgan fingerprint density at radius 2 is 1.34 bits per heavy atom. The Morgan fingerprint density at radius 3 is 1.80 bits per heavy atom. The van der Waals surface area contributed by atoms with Crippen molar-refractivity contribution in [2.75, 3.05) is 27.4 Å². The largest absolute Gasteiger partial charge is 0.497 e. The first kappa shape index (κ1) is 30.1. The highest BCUT2D eigenvalue weighted by Crippen LogP contribution is 2.41. The van der Waals surface area contributed by atoms with Gasteiger partial charge in [-0.3, -0.25) is 9.59 Å². The van der Waals surface area contributed by atoms with Crippen LogP contribution < -0.4 is 9.47 Å². The lowest BCUT2D eigenvalue weighted by atomic mass is 9.71. The Balaban J connectivity index is 1.59. The van der Waals surface area contributed by atoms with Gasteiger partial charge in [0, 0.05) is 24.6 Å². The lowest BCUT2D eigenvalue weighted by molar-refractivity contribution is -0.182. The number of benzene rings is 3. The van der Waals surface area contributed by atoms with Gasteiger partial charge in [-0.15, -0.1) is 0 Å². The molecule has 0 aromatic heterocycles. The van der Waals surface area contributed by atoms with E-state index in [1.54, 1.807) is 19.1 Å². The van der Waals surface area contributed by atoms with Crippen LogP contribution in [0, 0.1) is 17.8 Å². The third kappa shape index (κ3) is 7.07. The van der Waals surface area contributed by atoms with Crippen LogP contribution >= 0.6 is 0 Å². The van der Waals surface area contributed by atoms with Gasteiger partial charge in [0.1, 0.15) is 18.1 Å². The number of amides is 1. The molecule has 0 radical (unpaired) electrons. The van der Waals surface area contributed by atoms with E-state index in [9.17, 15) is 19.8 Å². The number of rotatable bonds is 14. The van der Waals surface area contributed by atoms with Crippen LogP contribution in [0.5, 0.6) is 11.5 Å². The van der Waals surface area contributed by atoms with Crippen LogP contribution in [0.25, 0.3) is 0 Å². The predicted molar refractivity (Wildman–Crippen MR) is 154 cm³/mol. The molecular weight excluding hydrogens is 522 g/mol. The molecule has 8 nitrogen and oxygen atoms in total. The fourth-order valence-corrected chi connectivity index (χ4v) is 5.63. The van der Waals surface area contributed by atoms with E-state index < -0.39 is 30.5 Å². The van der Waals surface area contributed by atoms with Gasteiger partial charge in [-0.2, -0.15) is 0 Å². The zero-order chi connectivity index (χ0) is 29.4. The molecule has 3 aromatic carbocycles. The number of nitrogens with zero attached hydrogens (tertiary/aromatic N) is 1. The quantitative estimate of drug-likeness (QED) is 0.229. The van der Waals surface area contributed by atoms with E-state index >= 15 is 0 Å². The Morgan fingerprint density at radius 1 is 0.805 bits per heavy atom. The summed E-state index contributed by atoms with van der Waals surface area (Å²) in [6.07, 6.45) is 1.12. The Hall–Kier alpha value is -3.88. The normalized spacial score (nSPS) is 18.0. The lowest BCUT2D eigenvalue weighted by Gasteiger charge is -2.55. The molecule has 4 rings (SSSR count). The Labute approximate surface area is 241 Å². The van der Waals surface area contributed by atoms with E-state index in [1.807, 2.05) is 85.8 Å². The molecule has 1 aliphatic rings. The van der Waals surface area contributed by atoms with E-state index in [4.69, 9.17) is 14.2 Å². The van der Waals surface area contributed by atoms with E-state index in [1.165, 1.54) is 0 Å². The van der Waals surface area contributed by atoms with Crippen LogP contribution in [0.1, 0.15) is 23.6 Å². The van der Waals surface area contributed by atoms with Crippen molar-refractivity contribution in [1.82, 2.24) is 4.90 Å². The molecule has 8 heteroatoms. The van der Waals surface area contributed by atoms with E-state index in [2.05, 4.69) is 0 Å². The molecule has 0 spiro atoms. The summed E-state index contributed by atoms with van der Waals surface area (Å²) in [6.45, 7) is 1.23. The summed E-state index contributed by atoms with van der Waals surface area (Å²) in [5.74, 6) is -1.49. The van der Waals surface area contributed by atoms with Gasteiger partial charge in [0.2, 0.25) is 5.91 Å². The summed E-state index contributed by atoms with van der Waals surface area (Å²) in [4.78, 5) is 28.8. The van der Waals surface area contributed by atoms with Crippen LogP contribution in [-0.2, 0) is 33.8 Å². The number of methoxy groups -OCH3 is 2. The van der Waals surface area contributed by atoms with Crippen LogP contribution in [0.4, 0.5) is 0 Å². The highest BCUT2D eigenvalue weighted by molar-refractivity contribution is 5.91.